The summed E-state index contributed by atoms with van der Waals surface area (Å²) in [6, 6.07) is 8.08. The van der Waals surface area contributed by atoms with E-state index in [0.717, 1.165) is 22.2 Å². The van der Waals surface area contributed by atoms with Gasteiger partial charge < -0.3 is 10.3 Å². The number of fused-ring (bicyclic) bond motifs is 2. The maximum atomic E-state index is 6.52. The van der Waals surface area contributed by atoms with Crippen molar-refractivity contribution < 1.29 is 0 Å². The highest BCUT2D eigenvalue weighted by Gasteiger charge is 2.16. The molecular weight excluding hydrogens is 286 g/mol. The predicted octanol–water partition coefficient (Wildman–Crippen LogP) is 3.57. The molecule has 104 valence electrons. The average Bonchev–Trinajstić information content (AvgIpc) is 3.15. The Morgan fingerprint density at radius 1 is 1.29 bits per heavy atom. The molecule has 0 atom stereocenters. The minimum absolute atomic E-state index is 0.547. The summed E-state index contributed by atoms with van der Waals surface area (Å²) < 4.78 is 1.83. The summed E-state index contributed by atoms with van der Waals surface area (Å²) in [5.41, 5.74) is 3.47. The van der Waals surface area contributed by atoms with Gasteiger partial charge in [-0.3, -0.25) is 4.40 Å². The quantitative estimate of drug-likeness (QED) is 0.594. The van der Waals surface area contributed by atoms with Crippen LogP contribution in [0, 0.1) is 0 Å². The van der Waals surface area contributed by atoms with E-state index in [9.17, 15) is 0 Å². The van der Waals surface area contributed by atoms with E-state index >= 15 is 0 Å². The number of rotatable bonds is 2. The minimum atomic E-state index is 0.547. The normalized spacial score (nSPS) is 11.3. The number of hydrogen-bond acceptors (Lipinski definition) is 3. The molecule has 2 N–H and O–H groups in total. The molecule has 0 amide bonds. The van der Waals surface area contributed by atoms with Crippen LogP contribution in [0.1, 0.15) is 0 Å². The second-order valence-corrected chi connectivity index (χ2v) is 5.08. The number of anilines is 1. The monoisotopic (exact) mass is 297 g/mol. The zero-order valence-corrected chi connectivity index (χ0v) is 12.0. The van der Waals surface area contributed by atoms with E-state index in [0.29, 0.717) is 16.6 Å². The number of nitrogens with zero attached hydrogens (tertiary/aromatic N) is 3. The third-order valence-electron chi connectivity index (χ3n) is 3.56. The Balaban J connectivity index is 2.08. The van der Waals surface area contributed by atoms with Gasteiger partial charge in [-0.15, -0.1) is 0 Å². The number of imidazole rings is 1. The van der Waals surface area contributed by atoms with Gasteiger partial charge >= 0.3 is 0 Å². The largest absolute Gasteiger partial charge is 0.370 e. The lowest BCUT2D eigenvalue weighted by molar-refractivity contribution is 1.13. The van der Waals surface area contributed by atoms with Crippen LogP contribution in [0.2, 0.25) is 5.15 Å². The Bertz CT molecular complexity index is 953. The second kappa shape index (κ2) is 4.49. The fourth-order valence-electron chi connectivity index (χ4n) is 2.57. The van der Waals surface area contributed by atoms with Crippen molar-refractivity contribution in [3.63, 3.8) is 0 Å². The van der Waals surface area contributed by atoms with Crippen LogP contribution in [-0.2, 0) is 0 Å². The Hall–Kier alpha value is -2.53. The van der Waals surface area contributed by atoms with Crippen LogP contribution in [0.4, 0.5) is 5.82 Å². The molecule has 0 bridgehead atoms. The van der Waals surface area contributed by atoms with Gasteiger partial charge in [-0.2, -0.15) is 0 Å². The molecule has 0 aliphatic heterocycles. The summed E-state index contributed by atoms with van der Waals surface area (Å²) in [6.07, 6.45) is 5.47. The molecule has 0 aliphatic carbocycles. The van der Waals surface area contributed by atoms with Crippen LogP contribution < -0.4 is 5.32 Å². The van der Waals surface area contributed by atoms with Gasteiger partial charge in [-0.1, -0.05) is 29.8 Å². The maximum absolute atomic E-state index is 6.52. The summed E-state index contributed by atoms with van der Waals surface area (Å²) in [6.45, 7) is 0. The average molecular weight is 298 g/mol. The minimum Gasteiger partial charge on any atom is -0.370 e. The van der Waals surface area contributed by atoms with Crippen molar-refractivity contribution in [1.29, 1.82) is 0 Å². The molecule has 0 unspecified atom stereocenters. The number of nitrogens with one attached hydrogen (secondary N) is 2. The zero-order valence-electron chi connectivity index (χ0n) is 11.3. The van der Waals surface area contributed by atoms with Gasteiger partial charge in [0.15, 0.2) is 11.5 Å². The van der Waals surface area contributed by atoms with E-state index in [4.69, 9.17) is 11.6 Å². The third kappa shape index (κ3) is 1.71. The fourth-order valence-corrected chi connectivity index (χ4v) is 2.85. The van der Waals surface area contributed by atoms with Gasteiger partial charge in [0.05, 0.1) is 0 Å². The Morgan fingerprint density at radius 2 is 2.14 bits per heavy atom. The lowest BCUT2D eigenvalue weighted by Crippen LogP contribution is -2.01. The zero-order chi connectivity index (χ0) is 14.4. The molecule has 21 heavy (non-hydrogen) atoms. The Labute approximate surface area is 125 Å². The first-order valence-electron chi connectivity index (χ1n) is 6.56. The molecule has 4 aromatic rings. The molecule has 3 aromatic heterocycles. The molecule has 3 heterocycles. The molecule has 1 aromatic carbocycles. The van der Waals surface area contributed by atoms with E-state index in [2.05, 4.69) is 26.3 Å². The van der Waals surface area contributed by atoms with Gasteiger partial charge in [0, 0.05) is 42.1 Å². The number of benzene rings is 1. The van der Waals surface area contributed by atoms with Gasteiger partial charge in [0.1, 0.15) is 10.8 Å². The topological polar surface area (TPSA) is 58.0 Å². The number of aromatic nitrogens is 4. The van der Waals surface area contributed by atoms with Crippen LogP contribution in [0.5, 0.6) is 0 Å². The molecule has 0 aliphatic rings. The van der Waals surface area contributed by atoms with E-state index in [-0.39, 0.29) is 0 Å². The number of para-hydroxylation sites is 1. The standard InChI is InChI=1S/C15H12ClN5/c1-17-14-15-18-6-7-21(15)13(16)12(20-14)10-8-19-11-5-3-2-4-9(10)11/h2-8,19H,1H3,(H,17,20). The van der Waals surface area contributed by atoms with Crippen molar-refractivity contribution in [3.8, 4) is 11.3 Å². The lowest BCUT2D eigenvalue weighted by Gasteiger charge is -2.09. The second-order valence-electron chi connectivity index (χ2n) is 4.72. The van der Waals surface area contributed by atoms with Crippen molar-refractivity contribution in [3.05, 3.63) is 48.0 Å². The summed E-state index contributed by atoms with van der Waals surface area (Å²) >= 11 is 6.52. The van der Waals surface area contributed by atoms with E-state index < -0.39 is 0 Å². The molecule has 6 heteroatoms. The number of H-pyrrole nitrogens is 1. The van der Waals surface area contributed by atoms with Crippen molar-refractivity contribution in [2.24, 2.45) is 0 Å². The van der Waals surface area contributed by atoms with Crippen LogP contribution in [-0.4, -0.2) is 26.4 Å². The van der Waals surface area contributed by atoms with E-state index in [1.807, 2.05) is 42.0 Å². The van der Waals surface area contributed by atoms with Crippen molar-refractivity contribution in [2.45, 2.75) is 0 Å². The number of halogens is 1. The first-order chi connectivity index (χ1) is 10.3. The third-order valence-corrected chi connectivity index (χ3v) is 3.93. The predicted molar refractivity (Wildman–Crippen MR) is 84.8 cm³/mol. The van der Waals surface area contributed by atoms with Crippen LogP contribution in [0.25, 0.3) is 27.8 Å². The van der Waals surface area contributed by atoms with Crippen molar-refractivity contribution in [1.82, 2.24) is 19.4 Å². The maximum Gasteiger partial charge on any atom is 0.181 e. The summed E-state index contributed by atoms with van der Waals surface area (Å²) in [5, 5.41) is 4.71. The van der Waals surface area contributed by atoms with Crippen LogP contribution in [0.3, 0.4) is 0 Å². The van der Waals surface area contributed by atoms with Crippen molar-refractivity contribution >= 4 is 34.0 Å². The molecule has 4 rings (SSSR count). The summed E-state index contributed by atoms with van der Waals surface area (Å²) in [7, 11) is 1.82. The SMILES string of the molecule is CNc1nc(-c2c[nH]c3ccccc23)c(Cl)n2ccnc12. The van der Waals surface area contributed by atoms with Crippen molar-refractivity contribution in [2.75, 3.05) is 12.4 Å². The Morgan fingerprint density at radius 3 is 3.00 bits per heavy atom. The summed E-state index contributed by atoms with van der Waals surface area (Å²) in [5.74, 6) is 0.699. The fraction of sp³-hybridized carbons (Fsp3) is 0.0667. The molecular formula is C15H12ClN5. The van der Waals surface area contributed by atoms with E-state index in [1.165, 1.54) is 0 Å². The highest BCUT2D eigenvalue weighted by Crippen LogP contribution is 2.34. The Kier molecular flexibility index (Phi) is 2.62. The van der Waals surface area contributed by atoms with Gasteiger partial charge in [-0.25, -0.2) is 9.97 Å². The molecule has 0 saturated heterocycles. The first-order valence-corrected chi connectivity index (χ1v) is 6.94. The summed E-state index contributed by atoms with van der Waals surface area (Å²) in [4.78, 5) is 12.2. The molecule has 5 nitrogen and oxygen atoms in total. The lowest BCUT2D eigenvalue weighted by atomic mass is 10.1. The molecule has 0 saturated carbocycles. The molecule has 0 spiro atoms. The smallest absolute Gasteiger partial charge is 0.181 e. The highest BCUT2D eigenvalue weighted by molar-refractivity contribution is 6.32. The number of hydrogen-bond donors (Lipinski definition) is 2. The van der Waals surface area contributed by atoms with Crippen LogP contribution >= 0.6 is 11.6 Å². The van der Waals surface area contributed by atoms with Gasteiger partial charge in [0.25, 0.3) is 0 Å². The highest BCUT2D eigenvalue weighted by atomic mass is 35.5. The van der Waals surface area contributed by atoms with E-state index in [1.54, 1.807) is 6.20 Å². The van der Waals surface area contributed by atoms with Crippen LogP contribution in [0.15, 0.2) is 42.9 Å². The molecule has 0 radical (unpaired) electrons. The molecule has 0 fully saturated rings. The first kappa shape index (κ1) is 12.2. The van der Waals surface area contributed by atoms with Gasteiger partial charge in [-0.05, 0) is 6.07 Å². The van der Waals surface area contributed by atoms with Gasteiger partial charge in [0.2, 0.25) is 0 Å². The number of aromatic amines is 1.